The summed E-state index contributed by atoms with van der Waals surface area (Å²) in [6, 6.07) is 0. The van der Waals surface area contributed by atoms with E-state index in [0.717, 1.165) is 11.8 Å². The molecule has 0 aliphatic rings. The van der Waals surface area contributed by atoms with Crippen molar-refractivity contribution in [3.8, 4) is 0 Å². The molecule has 0 amide bonds. The van der Waals surface area contributed by atoms with Gasteiger partial charge in [0.1, 0.15) is 0 Å². The number of aliphatic hydroxyl groups excluding tert-OH is 1. The summed E-state index contributed by atoms with van der Waals surface area (Å²) in [5.74, 6) is 0. The van der Waals surface area contributed by atoms with Crippen LogP contribution in [-0.4, -0.2) is 16.5 Å². The SMILES string of the molecule is C=CCC(O)CCBr. The van der Waals surface area contributed by atoms with Crippen LogP contribution in [0.4, 0.5) is 0 Å². The first-order valence-electron chi connectivity index (χ1n) is 2.66. The molecule has 0 saturated carbocycles. The van der Waals surface area contributed by atoms with Crippen LogP contribution < -0.4 is 0 Å². The summed E-state index contributed by atoms with van der Waals surface area (Å²) in [7, 11) is 0. The summed E-state index contributed by atoms with van der Waals surface area (Å²) in [6.07, 6.45) is 3.04. The van der Waals surface area contributed by atoms with E-state index in [1.165, 1.54) is 0 Å². The second-order valence-corrected chi connectivity index (χ2v) is 2.45. The van der Waals surface area contributed by atoms with Gasteiger partial charge in [-0.1, -0.05) is 22.0 Å². The first kappa shape index (κ1) is 8.18. The maximum absolute atomic E-state index is 8.95. The van der Waals surface area contributed by atoms with Crippen molar-refractivity contribution in [1.82, 2.24) is 0 Å². The van der Waals surface area contributed by atoms with Gasteiger partial charge in [0.05, 0.1) is 6.10 Å². The summed E-state index contributed by atoms with van der Waals surface area (Å²) >= 11 is 3.23. The second-order valence-electron chi connectivity index (χ2n) is 1.66. The third-order valence-corrected chi connectivity index (χ3v) is 1.34. The highest BCUT2D eigenvalue weighted by atomic mass is 79.9. The molecule has 0 aromatic rings. The molecule has 0 aromatic heterocycles. The molecule has 1 unspecified atom stereocenters. The zero-order valence-corrected chi connectivity index (χ0v) is 6.39. The van der Waals surface area contributed by atoms with Crippen LogP contribution in [0, 0.1) is 0 Å². The Morgan fingerprint density at radius 3 is 2.75 bits per heavy atom. The monoisotopic (exact) mass is 178 g/mol. The summed E-state index contributed by atoms with van der Waals surface area (Å²) in [5, 5.41) is 9.81. The highest BCUT2D eigenvalue weighted by Crippen LogP contribution is 1.99. The quantitative estimate of drug-likeness (QED) is 0.514. The van der Waals surface area contributed by atoms with Crippen molar-refractivity contribution < 1.29 is 5.11 Å². The van der Waals surface area contributed by atoms with Crippen LogP contribution in [0.3, 0.4) is 0 Å². The fourth-order valence-electron chi connectivity index (χ4n) is 0.436. The van der Waals surface area contributed by atoms with Crippen LogP contribution in [-0.2, 0) is 0 Å². The van der Waals surface area contributed by atoms with E-state index in [1.807, 2.05) is 0 Å². The Bertz CT molecular complexity index is 63.5. The molecular formula is C6H11BrO. The van der Waals surface area contributed by atoms with E-state index >= 15 is 0 Å². The first-order chi connectivity index (χ1) is 3.81. The summed E-state index contributed by atoms with van der Waals surface area (Å²) in [4.78, 5) is 0. The Labute approximate surface area is 58.5 Å². The third-order valence-electron chi connectivity index (χ3n) is 0.881. The predicted molar refractivity (Wildman–Crippen MR) is 39.2 cm³/mol. The molecule has 0 bridgehead atoms. The molecule has 0 spiro atoms. The van der Waals surface area contributed by atoms with Gasteiger partial charge in [-0.2, -0.15) is 0 Å². The maximum atomic E-state index is 8.95. The largest absolute Gasteiger partial charge is 0.393 e. The zero-order valence-electron chi connectivity index (χ0n) is 4.81. The highest BCUT2D eigenvalue weighted by Gasteiger charge is 1.96. The molecule has 48 valence electrons. The number of alkyl halides is 1. The number of aliphatic hydroxyl groups is 1. The molecule has 1 atom stereocenters. The van der Waals surface area contributed by atoms with Crippen LogP contribution in [0.25, 0.3) is 0 Å². The summed E-state index contributed by atoms with van der Waals surface area (Å²) < 4.78 is 0. The lowest BCUT2D eigenvalue weighted by Crippen LogP contribution is -2.04. The fraction of sp³-hybridized carbons (Fsp3) is 0.667. The molecule has 1 nitrogen and oxygen atoms in total. The van der Waals surface area contributed by atoms with Gasteiger partial charge in [-0.25, -0.2) is 0 Å². The van der Waals surface area contributed by atoms with E-state index in [0.29, 0.717) is 6.42 Å². The Morgan fingerprint density at radius 2 is 2.38 bits per heavy atom. The number of hydrogen-bond donors (Lipinski definition) is 1. The molecule has 2 heteroatoms. The summed E-state index contributed by atoms with van der Waals surface area (Å²) in [6.45, 7) is 3.51. The average Bonchev–Trinajstić information content (AvgIpc) is 1.68. The van der Waals surface area contributed by atoms with Crippen LogP contribution >= 0.6 is 15.9 Å². The van der Waals surface area contributed by atoms with Gasteiger partial charge in [0.25, 0.3) is 0 Å². The average molecular weight is 179 g/mol. The minimum absolute atomic E-state index is 0.202. The number of halogens is 1. The molecule has 0 aliphatic carbocycles. The predicted octanol–water partition coefficient (Wildman–Crippen LogP) is 1.71. The lowest BCUT2D eigenvalue weighted by molar-refractivity contribution is 0.175. The molecule has 0 aliphatic heterocycles. The smallest absolute Gasteiger partial charge is 0.0582 e. The van der Waals surface area contributed by atoms with Crippen molar-refractivity contribution in [2.75, 3.05) is 5.33 Å². The maximum Gasteiger partial charge on any atom is 0.0582 e. The van der Waals surface area contributed by atoms with Gasteiger partial charge in [0, 0.05) is 5.33 Å². The van der Waals surface area contributed by atoms with Crippen molar-refractivity contribution in [3.63, 3.8) is 0 Å². The molecule has 0 aromatic carbocycles. The van der Waals surface area contributed by atoms with Gasteiger partial charge >= 0.3 is 0 Å². The topological polar surface area (TPSA) is 20.2 Å². The molecule has 0 radical (unpaired) electrons. The van der Waals surface area contributed by atoms with E-state index in [9.17, 15) is 0 Å². The van der Waals surface area contributed by atoms with Crippen molar-refractivity contribution in [1.29, 1.82) is 0 Å². The Morgan fingerprint density at radius 1 is 1.75 bits per heavy atom. The van der Waals surface area contributed by atoms with Crippen molar-refractivity contribution in [2.45, 2.75) is 18.9 Å². The molecule has 0 saturated heterocycles. The molecule has 0 heterocycles. The number of rotatable bonds is 4. The molecule has 0 rings (SSSR count). The standard InChI is InChI=1S/C6H11BrO/c1-2-3-6(8)4-5-7/h2,6,8H,1,3-5H2. The van der Waals surface area contributed by atoms with Crippen molar-refractivity contribution in [3.05, 3.63) is 12.7 Å². The van der Waals surface area contributed by atoms with Gasteiger partial charge in [-0.05, 0) is 12.8 Å². The zero-order chi connectivity index (χ0) is 6.41. The van der Waals surface area contributed by atoms with Crippen molar-refractivity contribution in [2.24, 2.45) is 0 Å². The van der Waals surface area contributed by atoms with E-state index in [1.54, 1.807) is 6.08 Å². The Hall–Kier alpha value is 0.180. The van der Waals surface area contributed by atoms with E-state index in [-0.39, 0.29) is 6.10 Å². The molecule has 0 fully saturated rings. The van der Waals surface area contributed by atoms with Gasteiger partial charge in [0.15, 0.2) is 0 Å². The van der Waals surface area contributed by atoms with Gasteiger partial charge in [-0.15, -0.1) is 6.58 Å². The lowest BCUT2D eigenvalue weighted by atomic mass is 10.2. The van der Waals surface area contributed by atoms with Gasteiger partial charge in [0.2, 0.25) is 0 Å². The minimum Gasteiger partial charge on any atom is -0.393 e. The Kier molecular flexibility index (Phi) is 5.44. The Balaban J connectivity index is 3.03. The normalized spacial score (nSPS) is 13.2. The van der Waals surface area contributed by atoms with Gasteiger partial charge in [-0.3, -0.25) is 0 Å². The van der Waals surface area contributed by atoms with Crippen LogP contribution in [0.15, 0.2) is 12.7 Å². The van der Waals surface area contributed by atoms with Gasteiger partial charge < -0.3 is 5.11 Å². The second kappa shape index (κ2) is 5.32. The van der Waals surface area contributed by atoms with E-state index in [4.69, 9.17) is 5.11 Å². The highest BCUT2D eigenvalue weighted by molar-refractivity contribution is 9.09. The van der Waals surface area contributed by atoms with Crippen molar-refractivity contribution >= 4 is 15.9 Å². The fourth-order valence-corrected chi connectivity index (χ4v) is 0.965. The van der Waals surface area contributed by atoms with Crippen LogP contribution in [0.1, 0.15) is 12.8 Å². The summed E-state index contributed by atoms with van der Waals surface area (Å²) in [5.41, 5.74) is 0. The molecule has 1 N–H and O–H groups in total. The minimum atomic E-state index is -0.202. The van der Waals surface area contributed by atoms with E-state index < -0.39 is 0 Å². The third kappa shape index (κ3) is 4.34. The van der Waals surface area contributed by atoms with Crippen LogP contribution in [0.5, 0.6) is 0 Å². The first-order valence-corrected chi connectivity index (χ1v) is 3.78. The lowest BCUT2D eigenvalue weighted by Gasteiger charge is -2.02. The molecular weight excluding hydrogens is 168 g/mol. The van der Waals surface area contributed by atoms with E-state index in [2.05, 4.69) is 22.5 Å². The number of hydrogen-bond acceptors (Lipinski definition) is 1. The molecule has 8 heavy (non-hydrogen) atoms. The van der Waals surface area contributed by atoms with Crippen LogP contribution in [0.2, 0.25) is 0 Å².